The number of ether oxygens (including phenoxy) is 3. The average molecular weight is 656 g/mol. The number of hydrogen-bond donors (Lipinski definition) is 1. The maximum atomic E-state index is 14.9. The molecule has 47 heavy (non-hydrogen) atoms. The largest absolute Gasteiger partial charge is 0.493 e. The van der Waals surface area contributed by atoms with Crippen molar-refractivity contribution in [2.75, 3.05) is 33.4 Å². The lowest BCUT2D eigenvalue weighted by atomic mass is 9.91. The number of nitro benzene ring substituents is 1. The molecular weight excluding hydrogens is 619 g/mol. The van der Waals surface area contributed by atoms with Crippen LogP contribution in [0.1, 0.15) is 36.5 Å². The van der Waals surface area contributed by atoms with Crippen LogP contribution in [0.5, 0.6) is 11.5 Å². The zero-order chi connectivity index (χ0) is 33.8. The summed E-state index contributed by atoms with van der Waals surface area (Å²) < 4.78 is 62.7. The number of benzene rings is 3. The highest BCUT2D eigenvalue weighted by Gasteiger charge is 2.57. The summed E-state index contributed by atoms with van der Waals surface area (Å²) in [5, 5.41) is 23.1. The first-order chi connectivity index (χ1) is 22.4. The summed E-state index contributed by atoms with van der Waals surface area (Å²) in [6, 6.07) is 17.8. The molecule has 0 spiro atoms. The molecule has 5 rings (SSSR count). The van der Waals surface area contributed by atoms with Gasteiger partial charge in [-0.05, 0) is 49.1 Å². The number of non-ortho nitro benzene ring substituents is 1. The minimum atomic E-state index is -5.05. The van der Waals surface area contributed by atoms with E-state index >= 15 is 0 Å². The Morgan fingerprint density at radius 3 is 2.38 bits per heavy atom. The number of carbonyl (C=O) groups is 1. The van der Waals surface area contributed by atoms with Crippen LogP contribution < -0.4 is 9.47 Å². The molecule has 3 aromatic carbocycles. The molecule has 2 heterocycles. The number of nitrogens with zero attached hydrogens (tertiary/aromatic N) is 3. The molecule has 13 heteroatoms. The SMILES string of the molecule is CCOC(=O)Cc1ccc(OC2CCN(CC(O)(c3cn(Cc4ccccc4)c4cc([N+](=O)[O-])ccc34)C(F)(F)F)CC2)c(OC)c1. The van der Waals surface area contributed by atoms with Crippen molar-refractivity contribution in [1.82, 2.24) is 9.47 Å². The Hall–Kier alpha value is -4.62. The average Bonchev–Trinajstić information content (AvgIpc) is 3.40. The summed E-state index contributed by atoms with van der Waals surface area (Å²) in [4.78, 5) is 24.3. The second-order valence-electron chi connectivity index (χ2n) is 11.5. The van der Waals surface area contributed by atoms with Gasteiger partial charge in [-0.1, -0.05) is 36.4 Å². The molecule has 10 nitrogen and oxygen atoms in total. The van der Waals surface area contributed by atoms with E-state index in [1.54, 1.807) is 54.3 Å². The zero-order valence-electron chi connectivity index (χ0n) is 26.0. The van der Waals surface area contributed by atoms with Crippen LogP contribution in [-0.2, 0) is 28.1 Å². The summed E-state index contributed by atoms with van der Waals surface area (Å²) in [7, 11) is 1.48. The van der Waals surface area contributed by atoms with E-state index in [2.05, 4.69) is 0 Å². The molecular formula is C34H36F3N3O7. The number of carbonyl (C=O) groups excluding carboxylic acids is 1. The summed E-state index contributed by atoms with van der Waals surface area (Å²) in [6.45, 7) is 1.88. The van der Waals surface area contributed by atoms with Crippen LogP contribution in [0, 0.1) is 10.1 Å². The molecule has 1 atom stereocenters. The van der Waals surface area contributed by atoms with Crippen LogP contribution >= 0.6 is 0 Å². The molecule has 1 aliphatic rings. The summed E-state index contributed by atoms with van der Waals surface area (Å²) in [5.41, 5.74) is -2.19. The topological polar surface area (TPSA) is 116 Å². The van der Waals surface area contributed by atoms with Crippen molar-refractivity contribution in [3.8, 4) is 11.5 Å². The van der Waals surface area contributed by atoms with E-state index in [0.29, 0.717) is 29.9 Å². The lowest BCUT2D eigenvalue weighted by Gasteiger charge is -2.39. The number of hydrogen-bond acceptors (Lipinski definition) is 8. The highest BCUT2D eigenvalue weighted by molar-refractivity contribution is 5.87. The van der Waals surface area contributed by atoms with Gasteiger partial charge < -0.3 is 23.9 Å². The number of piperidine rings is 1. The number of β-amino-alcohol motifs (C(OH)–C–C–N with tert-alkyl or cyclic N) is 1. The molecule has 1 aliphatic heterocycles. The predicted molar refractivity (Wildman–Crippen MR) is 168 cm³/mol. The van der Waals surface area contributed by atoms with Crippen molar-refractivity contribution in [3.63, 3.8) is 0 Å². The fourth-order valence-corrected chi connectivity index (χ4v) is 5.95. The lowest BCUT2D eigenvalue weighted by molar-refractivity contribution is -0.384. The van der Waals surface area contributed by atoms with Crippen LogP contribution in [0.2, 0.25) is 0 Å². The highest BCUT2D eigenvalue weighted by Crippen LogP contribution is 2.44. The first-order valence-electron chi connectivity index (χ1n) is 15.2. The van der Waals surface area contributed by atoms with E-state index in [4.69, 9.17) is 14.2 Å². The van der Waals surface area contributed by atoms with E-state index in [-0.39, 0.29) is 66.9 Å². The number of esters is 1. The Balaban J connectivity index is 1.35. The standard InChI is InChI=1S/C34H36F3N3O7/c1-3-46-32(41)18-24-9-12-30(31(17-24)45-2)47-26-13-15-38(16-14-26)22-33(42,34(35,36)37)28-21-39(20-23-7-5-4-6-8-23)29-19-25(40(43)44)10-11-27(28)29/h4-12,17,19,21,26,42H,3,13-16,18,20,22H2,1-2H3. The van der Waals surface area contributed by atoms with Crippen LogP contribution in [0.15, 0.2) is 72.9 Å². The smallest absolute Gasteiger partial charge is 0.422 e. The molecule has 1 aromatic heterocycles. The van der Waals surface area contributed by atoms with E-state index in [1.807, 2.05) is 6.07 Å². The zero-order valence-corrected chi connectivity index (χ0v) is 26.0. The Morgan fingerprint density at radius 1 is 1.02 bits per heavy atom. The summed E-state index contributed by atoms with van der Waals surface area (Å²) >= 11 is 0. The van der Waals surface area contributed by atoms with Crippen molar-refractivity contribution in [2.45, 2.75) is 50.6 Å². The van der Waals surface area contributed by atoms with Gasteiger partial charge in [-0.3, -0.25) is 19.8 Å². The van der Waals surface area contributed by atoms with Gasteiger partial charge in [0.2, 0.25) is 5.60 Å². The van der Waals surface area contributed by atoms with Crippen molar-refractivity contribution in [2.24, 2.45) is 0 Å². The monoisotopic (exact) mass is 655 g/mol. The molecule has 250 valence electrons. The van der Waals surface area contributed by atoms with Crippen molar-refractivity contribution >= 4 is 22.6 Å². The van der Waals surface area contributed by atoms with E-state index < -0.39 is 23.2 Å². The fraction of sp³-hybridized carbons (Fsp3) is 0.382. The summed E-state index contributed by atoms with van der Waals surface area (Å²) in [5.74, 6) is 0.509. The highest BCUT2D eigenvalue weighted by atomic mass is 19.4. The predicted octanol–water partition coefficient (Wildman–Crippen LogP) is 6.01. The molecule has 1 saturated heterocycles. The number of nitro groups is 1. The van der Waals surface area contributed by atoms with Gasteiger partial charge in [0.15, 0.2) is 11.5 Å². The maximum Gasteiger partial charge on any atom is 0.422 e. The molecule has 0 radical (unpaired) electrons. The minimum absolute atomic E-state index is 0.0762. The first-order valence-corrected chi connectivity index (χ1v) is 15.2. The Labute approximate surface area is 269 Å². The molecule has 1 N–H and O–H groups in total. The molecule has 1 unspecified atom stereocenters. The van der Waals surface area contributed by atoms with Crippen molar-refractivity contribution in [3.05, 3.63) is 99.7 Å². The molecule has 1 fully saturated rings. The number of methoxy groups -OCH3 is 1. The van der Waals surface area contributed by atoms with Gasteiger partial charge in [0.25, 0.3) is 5.69 Å². The maximum absolute atomic E-state index is 14.9. The van der Waals surface area contributed by atoms with E-state index in [0.717, 1.165) is 11.6 Å². The number of rotatable bonds is 12. The van der Waals surface area contributed by atoms with Gasteiger partial charge in [0.05, 0.1) is 30.6 Å². The van der Waals surface area contributed by atoms with E-state index in [9.17, 15) is 33.2 Å². The minimum Gasteiger partial charge on any atom is -0.493 e. The number of aromatic nitrogens is 1. The Morgan fingerprint density at radius 2 is 1.74 bits per heavy atom. The van der Waals surface area contributed by atoms with Crippen LogP contribution in [-0.4, -0.2) is 71.1 Å². The van der Waals surface area contributed by atoms with Gasteiger partial charge in [0.1, 0.15) is 6.10 Å². The van der Waals surface area contributed by atoms with Gasteiger partial charge in [0, 0.05) is 55.5 Å². The van der Waals surface area contributed by atoms with Crippen LogP contribution in [0.3, 0.4) is 0 Å². The van der Waals surface area contributed by atoms with Gasteiger partial charge >= 0.3 is 12.1 Å². The molecule has 0 bridgehead atoms. The van der Waals surface area contributed by atoms with Crippen molar-refractivity contribution < 1.29 is 42.2 Å². The number of likely N-dealkylation sites (tertiary alicyclic amines) is 1. The van der Waals surface area contributed by atoms with Gasteiger partial charge in [-0.15, -0.1) is 0 Å². The third-order valence-electron chi connectivity index (χ3n) is 8.35. The Bertz CT molecular complexity index is 1720. The van der Waals surface area contributed by atoms with Crippen LogP contribution in [0.4, 0.5) is 18.9 Å². The third-order valence-corrected chi connectivity index (χ3v) is 8.35. The number of fused-ring (bicyclic) bond motifs is 1. The summed E-state index contributed by atoms with van der Waals surface area (Å²) in [6.07, 6.45) is -3.25. The lowest BCUT2D eigenvalue weighted by Crippen LogP contribution is -2.53. The first kappa shape index (κ1) is 33.7. The molecule has 4 aromatic rings. The van der Waals surface area contributed by atoms with Crippen molar-refractivity contribution in [1.29, 1.82) is 0 Å². The number of aliphatic hydroxyl groups is 1. The molecule has 0 aliphatic carbocycles. The number of halogens is 3. The number of alkyl halides is 3. The quantitative estimate of drug-likeness (QED) is 0.112. The molecule has 0 saturated carbocycles. The second kappa shape index (κ2) is 14.0. The fourth-order valence-electron chi connectivity index (χ4n) is 5.95. The van der Waals surface area contributed by atoms with Crippen LogP contribution in [0.25, 0.3) is 10.9 Å². The Kier molecular flexibility index (Phi) is 10.1. The van der Waals surface area contributed by atoms with Gasteiger partial charge in [-0.2, -0.15) is 13.2 Å². The normalized spacial score (nSPS) is 15.7. The second-order valence-corrected chi connectivity index (χ2v) is 11.5. The van der Waals surface area contributed by atoms with Gasteiger partial charge in [-0.25, -0.2) is 0 Å². The molecule has 0 amide bonds. The van der Waals surface area contributed by atoms with E-state index in [1.165, 1.54) is 30.0 Å². The third kappa shape index (κ3) is 7.52.